The Bertz CT molecular complexity index is 103. The lowest BCUT2D eigenvalue weighted by atomic mass is 10.3. The number of nitrogens with zero attached hydrogens (tertiary/aromatic N) is 1. The second-order valence-electron chi connectivity index (χ2n) is 1.99. The van der Waals surface area contributed by atoms with Gasteiger partial charge in [0.1, 0.15) is 6.23 Å². The van der Waals surface area contributed by atoms with Gasteiger partial charge in [0.25, 0.3) is 0 Å². The maximum Gasteiger partial charge on any atom is 0.142 e. The van der Waals surface area contributed by atoms with E-state index in [0.29, 0.717) is 6.42 Å². The van der Waals surface area contributed by atoms with E-state index in [1.807, 2.05) is 0 Å². The second kappa shape index (κ2) is 2.80. The minimum absolute atomic E-state index is 0.231. The van der Waals surface area contributed by atoms with Crippen molar-refractivity contribution in [2.75, 3.05) is 6.61 Å². The Morgan fingerprint density at radius 2 is 2.67 bits per heavy atom. The first-order valence-electron chi connectivity index (χ1n) is 2.84. The van der Waals surface area contributed by atoms with Crippen LogP contribution >= 0.6 is 0 Å². The second-order valence-corrected chi connectivity index (χ2v) is 1.99. The molecule has 1 aliphatic heterocycles. The molecule has 2 unspecified atom stereocenters. The van der Waals surface area contributed by atoms with Crippen molar-refractivity contribution in [3.8, 4) is 0 Å². The quantitative estimate of drug-likeness (QED) is 0.229. The van der Waals surface area contributed by atoms with E-state index in [2.05, 4.69) is 17.2 Å². The van der Waals surface area contributed by atoms with Crippen LogP contribution in [0.2, 0.25) is 0 Å². The molecule has 0 saturated carbocycles. The molecule has 4 nitrogen and oxygen atoms in total. The normalized spacial score (nSPS) is 27.0. The van der Waals surface area contributed by atoms with Gasteiger partial charge in [0.15, 0.2) is 0 Å². The van der Waals surface area contributed by atoms with Gasteiger partial charge in [-0.05, 0) is 0 Å². The fourth-order valence-electron chi connectivity index (χ4n) is 0.611. The molecule has 0 spiro atoms. The minimum Gasteiger partial charge on any atom is -0.373 e. The predicted octanol–water partition coefficient (Wildman–Crippen LogP) is -0.701. The zero-order chi connectivity index (χ0) is 6.69. The average Bonchev–Trinajstić information content (AvgIpc) is 2.50. The molecule has 0 aromatic heterocycles. The summed E-state index contributed by atoms with van der Waals surface area (Å²) >= 11 is 0. The van der Waals surface area contributed by atoms with Crippen LogP contribution in [0, 0.1) is 0 Å². The molecule has 0 amide bonds. The number of hydrogen-bond acceptors (Lipinski definition) is 4. The summed E-state index contributed by atoms with van der Waals surface area (Å²) in [5.74, 6) is 0. The molecule has 0 radical (unpaired) electrons. The lowest BCUT2D eigenvalue weighted by molar-refractivity contribution is 0.119. The van der Waals surface area contributed by atoms with Gasteiger partial charge < -0.3 is 9.84 Å². The monoisotopic (exact) mass is 130 g/mol. The summed E-state index contributed by atoms with van der Waals surface area (Å²) in [7, 11) is 0. The number of ether oxygens (including phenoxy) is 1. The van der Waals surface area contributed by atoms with Crippen molar-refractivity contribution < 1.29 is 9.84 Å². The van der Waals surface area contributed by atoms with E-state index in [9.17, 15) is 0 Å². The van der Waals surface area contributed by atoms with Crippen molar-refractivity contribution in [2.45, 2.75) is 18.8 Å². The summed E-state index contributed by atoms with van der Waals surface area (Å²) in [4.78, 5) is 0. The van der Waals surface area contributed by atoms with E-state index in [-0.39, 0.29) is 6.10 Å². The predicted molar refractivity (Wildman–Crippen MR) is 33.0 cm³/mol. The smallest absolute Gasteiger partial charge is 0.142 e. The van der Waals surface area contributed by atoms with Crippen LogP contribution in [0.1, 0.15) is 6.42 Å². The van der Waals surface area contributed by atoms with Crippen LogP contribution in [0.3, 0.4) is 0 Å². The van der Waals surface area contributed by atoms with Gasteiger partial charge in [-0.25, -0.2) is 0 Å². The highest BCUT2D eigenvalue weighted by molar-refractivity contribution is 5.22. The van der Waals surface area contributed by atoms with Crippen LogP contribution in [0.5, 0.6) is 0 Å². The van der Waals surface area contributed by atoms with Gasteiger partial charge in [-0.2, -0.15) is 5.10 Å². The summed E-state index contributed by atoms with van der Waals surface area (Å²) in [5, 5.41) is 12.2. The molecule has 9 heavy (non-hydrogen) atoms. The molecule has 1 aliphatic rings. The molecule has 0 aliphatic carbocycles. The summed E-state index contributed by atoms with van der Waals surface area (Å²) in [5.41, 5.74) is 2.41. The Kier molecular flexibility index (Phi) is 2.02. The topological polar surface area (TPSA) is 57.2 Å². The number of rotatable bonds is 4. The van der Waals surface area contributed by atoms with E-state index in [4.69, 9.17) is 9.84 Å². The molecule has 1 fully saturated rings. The van der Waals surface area contributed by atoms with Gasteiger partial charge in [0, 0.05) is 13.1 Å². The SMILES string of the molecule is C=NNC(O)CC1CO1. The lowest BCUT2D eigenvalue weighted by Crippen LogP contribution is -2.24. The highest BCUT2D eigenvalue weighted by Crippen LogP contribution is 2.14. The summed E-state index contributed by atoms with van der Waals surface area (Å²) in [6.45, 7) is 3.93. The third-order valence-electron chi connectivity index (χ3n) is 1.13. The number of epoxide rings is 1. The van der Waals surface area contributed by atoms with Crippen LogP contribution < -0.4 is 5.43 Å². The first-order valence-corrected chi connectivity index (χ1v) is 2.84. The Morgan fingerprint density at radius 3 is 3.11 bits per heavy atom. The Morgan fingerprint density at radius 1 is 2.00 bits per heavy atom. The van der Waals surface area contributed by atoms with Gasteiger partial charge in [-0.15, -0.1) is 0 Å². The molecule has 0 aromatic carbocycles. The number of nitrogens with one attached hydrogen (secondary N) is 1. The molecule has 4 heteroatoms. The number of aliphatic hydroxyl groups is 1. The fraction of sp³-hybridized carbons (Fsp3) is 0.800. The standard InChI is InChI=1S/C5H10N2O2/c1-6-7-5(8)2-4-3-9-4/h4-5,7-8H,1-3H2. The third kappa shape index (κ3) is 2.43. The van der Waals surface area contributed by atoms with E-state index in [1.54, 1.807) is 0 Å². The molecule has 0 bridgehead atoms. The van der Waals surface area contributed by atoms with Gasteiger partial charge in [-0.3, -0.25) is 5.43 Å². The van der Waals surface area contributed by atoms with Gasteiger partial charge in [0.2, 0.25) is 0 Å². The lowest BCUT2D eigenvalue weighted by Gasteiger charge is -2.05. The van der Waals surface area contributed by atoms with Crippen molar-refractivity contribution in [3.05, 3.63) is 0 Å². The van der Waals surface area contributed by atoms with Crippen molar-refractivity contribution in [1.82, 2.24) is 5.43 Å². The highest BCUT2D eigenvalue weighted by atomic mass is 16.6. The molecular weight excluding hydrogens is 120 g/mol. The number of hydrogen-bond donors (Lipinski definition) is 2. The fourth-order valence-corrected chi connectivity index (χ4v) is 0.611. The Hall–Kier alpha value is -0.610. The maximum absolute atomic E-state index is 8.93. The van der Waals surface area contributed by atoms with Crippen LogP contribution in [-0.2, 0) is 4.74 Å². The first kappa shape index (κ1) is 6.51. The molecule has 1 saturated heterocycles. The third-order valence-corrected chi connectivity index (χ3v) is 1.13. The van der Waals surface area contributed by atoms with Gasteiger partial charge in [-0.1, -0.05) is 0 Å². The Labute approximate surface area is 53.5 Å². The highest BCUT2D eigenvalue weighted by Gasteiger charge is 2.25. The van der Waals surface area contributed by atoms with Crippen LogP contribution in [0.25, 0.3) is 0 Å². The minimum atomic E-state index is -0.602. The van der Waals surface area contributed by atoms with Crippen molar-refractivity contribution >= 4 is 6.72 Å². The molecular formula is C5H10N2O2. The Balaban J connectivity index is 2.01. The largest absolute Gasteiger partial charge is 0.373 e. The van der Waals surface area contributed by atoms with Gasteiger partial charge >= 0.3 is 0 Å². The number of aliphatic hydroxyl groups excluding tert-OH is 1. The number of hydrazone groups is 1. The van der Waals surface area contributed by atoms with E-state index >= 15 is 0 Å². The zero-order valence-corrected chi connectivity index (χ0v) is 5.08. The van der Waals surface area contributed by atoms with Crippen LogP contribution in [0.15, 0.2) is 5.10 Å². The molecule has 1 heterocycles. The van der Waals surface area contributed by atoms with Crippen molar-refractivity contribution in [3.63, 3.8) is 0 Å². The van der Waals surface area contributed by atoms with Crippen LogP contribution in [0.4, 0.5) is 0 Å². The van der Waals surface area contributed by atoms with E-state index < -0.39 is 6.23 Å². The average molecular weight is 130 g/mol. The summed E-state index contributed by atoms with van der Waals surface area (Å²) in [6.07, 6.45) is 0.225. The molecule has 1 rings (SSSR count). The summed E-state index contributed by atoms with van der Waals surface area (Å²) < 4.78 is 4.86. The summed E-state index contributed by atoms with van der Waals surface area (Å²) in [6, 6.07) is 0. The first-order chi connectivity index (χ1) is 4.33. The van der Waals surface area contributed by atoms with Gasteiger partial charge in [0.05, 0.1) is 12.7 Å². The molecule has 52 valence electrons. The molecule has 0 aromatic rings. The molecule has 2 N–H and O–H groups in total. The van der Waals surface area contributed by atoms with Crippen molar-refractivity contribution in [2.24, 2.45) is 5.10 Å². The van der Waals surface area contributed by atoms with Crippen molar-refractivity contribution in [1.29, 1.82) is 0 Å². The van der Waals surface area contributed by atoms with E-state index in [0.717, 1.165) is 6.61 Å². The molecule has 2 atom stereocenters. The zero-order valence-electron chi connectivity index (χ0n) is 5.08. The maximum atomic E-state index is 8.93. The van der Waals surface area contributed by atoms with E-state index in [1.165, 1.54) is 0 Å². The van der Waals surface area contributed by atoms with Crippen LogP contribution in [-0.4, -0.2) is 30.8 Å².